The quantitative estimate of drug-likeness (QED) is 0.727. The monoisotopic (exact) mass is 327 g/mol. The summed E-state index contributed by atoms with van der Waals surface area (Å²) in [5.41, 5.74) is 1.81. The zero-order chi connectivity index (χ0) is 15.8. The van der Waals surface area contributed by atoms with Crippen LogP contribution in [0.1, 0.15) is 16.1 Å². The number of hydrogen-bond acceptors (Lipinski definition) is 4. The molecule has 4 rings (SSSR count). The molecule has 1 atom stereocenters. The van der Waals surface area contributed by atoms with Crippen molar-refractivity contribution in [1.29, 1.82) is 0 Å². The van der Waals surface area contributed by atoms with Gasteiger partial charge in [0.2, 0.25) is 0 Å². The molecule has 0 radical (unpaired) electrons. The van der Waals surface area contributed by atoms with E-state index in [2.05, 4.69) is 5.10 Å². The van der Waals surface area contributed by atoms with Crippen molar-refractivity contribution in [2.75, 3.05) is 13.7 Å². The summed E-state index contributed by atoms with van der Waals surface area (Å²) >= 11 is 1.61. The third kappa shape index (κ3) is 2.54. The van der Waals surface area contributed by atoms with Gasteiger partial charge in [-0.2, -0.15) is 5.10 Å². The molecular weight excluding hydrogens is 310 g/mol. The first kappa shape index (κ1) is 14.4. The second-order valence-corrected chi connectivity index (χ2v) is 6.60. The number of aromatic nitrogens is 2. The van der Waals surface area contributed by atoms with Crippen molar-refractivity contribution in [3.05, 3.63) is 53.2 Å². The Hall–Kier alpha value is -2.18. The lowest BCUT2D eigenvalue weighted by molar-refractivity contribution is 0.0451. The molecule has 6 heteroatoms. The number of nitrogens with zero attached hydrogens (tertiary/aromatic N) is 3. The molecule has 0 saturated carbocycles. The lowest BCUT2D eigenvalue weighted by atomic mass is 10.1. The fourth-order valence-corrected chi connectivity index (χ4v) is 3.97. The minimum atomic E-state index is -0.0509. The molecular formula is C17H17N3O2S. The third-order valence-corrected chi connectivity index (χ3v) is 5.25. The Kier molecular flexibility index (Phi) is 3.63. The largest absolute Gasteiger partial charge is 0.378 e. The Labute approximate surface area is 138 Å². The maximum atomic E-state index is 13.1. The highest BCUT2D eigenvalue weighted by Gasteiger charge is 2.27. The van der Waals surface area contributed by atoms with Crippen molar-refractivity contribution < 1.29 is 9.53 Å². The molecule has 0 N–H and O–H groups in total. The second kappa shape index (κ2) is 5.79. The summed E-state index contributed by atoms with van der Waals surface area (Å²) in [4.78, 5) is 14.9. The van der Waals surface area contributed by atoms with E-state index in [1.54, 1.807) is 24.6 Å². The number of carbonyl (C=O) groups excluding carboxylic acids is 1. The van der Waals surface area contributed by atoms with Gasteiger partial charge >= 0.3 is 0 Å². The Morgan fingerprint density at radius 3 is 3.04 bits per heavy atom. The first-order valence-corrected chi connectivity index (χ1v) is 8.43. The zero-order valence-electron chi connectivity index (χ0n) is 12.8. The number of hydrogen-bond donors (Lipinski definition) is 0. The van der Waals surface area contributed by atoms with E-state index in [9.17, 15) is 4.79 Å². The highest BCUT2D eigenvalue weighted by molar-refractivity contribution is 7.17. The molecule has 3 aromatic rings. The topological polar surface area (TPSA) is 47.4 Å². The predicted molar refractivity (Wildman–Crippen MR) is 89.6 cm³/mol. The highest BCUT2D eigenvalue weighted by atomic mass is 32.1. The van der Waals surface area contributed by atoms with Crippen molar-refractivity contribution >= 4 is 27.3 Å². The molecule has 0 spiro atoms. The minimum Gasteiger partial charge on any atom is -0.378 e. The van der Waals surface area contributed by atoms with Crippen molar-refractivity contribution in [1.82, 2.24) is 14.7 Å². The molecule has 0 saturated heterocycles. The van der Waals surface area contributed by atoms with Crippen LogP contribution in [0.5, 0.6) is 0 Å². The molecule has 0 bridgehead atoms. The molecule has 0 fully saturated rings. The van der Waals surface area contributed by atoms with Crippen LogP contribution in [0.2, 0.25) is 0 Å². The van der Waals surface area contributed by atoms with E-state index in [1.807, 2.05) is 45.3 Å². The molecule has 0 unspecified atom stereocenters. The van der Waals surface area contributed by atoms with Crippen LogP contribution in [0.15, 0.2) is 41.9 Å². The fourth-order valence-electron chi connectivity index (χ4n) is 3.03. The molecule has 23 heavy (non-hydrogen) atoms. The number of benzene rings is 1. The van der Waals surface area contributed by atoms with Crippen molar-refractivity contribution in [2.24, 2.45) is 0 Å². The van der Waals surface area contributed by atoms with Crippen LogP contribution in [0.4, 0.5) is 0 Å². The predicted octanol–water partition coefficient (Wildman–Crippen LogP) is 2.77. The van der Waals surface area contributed by atoms with E-state index >= 15 is 0 Å². The van der Waals surface area contributed by atoms with Gasteiger partial charge in [0.15, 0.2) is 0 Å². The maximum Gasteiger partial charge on any atom is 0.255 e. The zero-order valence-corrected chi connectivity index (χ0v) is 13.6. The molecule has 2 aromatic heterocycles. The molecule has 0 aliphatic carbocycles. The van der Waals surface area contributed by atoms with Crippen LogP contribution in [-0.2, 0) is 17.8 Å². The van der Waals surface area contributed by atoms with E-state index < -0.39 is 0 Å². The molecule has 1 aliphatic heterocycles. The summed E-state index contributed by atoms with van der Waals surface area (Å²) in [5, 5.41) is 7.30. The number of amides is 1. The van der Waals surface area contributed by atoms with E-state index in [-0.39, 0.29) is 12.0 Å². The molecule has 5 nitrogen and oxygen atoms in total. The van der Waals surface area contributed by atoms with Crippen LogP contribution >= 0.6 is 11.3 Å². The standard InChI is InChI=1S/C17H17N3O2S/c1-22-13-9-19(8-12-6-7-18-20(12)10-13)17(21)15-11-23-16-5-3-2-4-14(15)16/h2-7,11,13H,8-10H2,1H3/t13-/m0/s1. The highest BCUT2D eigenvalue weighted by Crippen LogP contribution is 2.27. The van der Waals surface area contributed by atoms with Gasteiger partial charge in [-0.25, -0.2) is 0 Å². The Bertz CT molecular complexity index is 854. The lowest BCUT2D eigenvalue weighted by Gasteiger charge is -2.23. The molecule has 118 valence electrons. The fraction of sp³-hybridized carbons (Fsp3) is 0.294. The Morgan fingerprint density at radius 1 is 1.30 bits per heavy atom. The van der Waals surface area contributed by atoms with Crippen LogP contribution in [-0.4, -0.2) is 40.3 Å². The van der Waals surface area contributed by atoms with E-state index in [4.69, 9.17) is 4.74 Å². The van der Waals surface area contributed by atoms with Crippen LogP contribution < -0.4 is 0 Å². The first-order valence-electron chi connectivity index (χ1n) is 7.55. The molecule has 1 aromatic carbocycles. The number of fused-ring (bicyclic) bond motifs is 2. The smallest absolute Gasteiger partial charge is 0.255 e. The average molecular weight is 327 g/mol. The summed E-state index contributed by atoms with van der Waals surface area (Å²) in [7, 11) is 1.68. The summed E-state index contributed by atoms with van der Waals surface area (Å²) in [6, 6.07) is 9.99. The third-order valence-electron chi connectivity index (χ3n) is 4.29. The summed E-state index contributed by atoms with van der Waals surface area (Å²) < 4.78 is 8.59. The molecule has 1 amide bonds. The van der Waals surface area contributed by atoms with Crippen LogP contribution in [0.25, 0.3) is 10.1 Å². The number of carbonyl (C=O) groups is 1. The molecule has 3 heterocycles. The van der Waals surface area contributed by atoms with Gasteiger partial charge in [-0.05, 0) is 12.1 Å². The van der Waals surface area contributed by atoms with Crippen LogP contribution in [0, 0.1) is 0 Å². The summed E-state index contributed by atoms with van der Waals surface area (Å²) in [5.74, 6) is 0.0548. The van der Waals surface area contributed by atoms with E-state index in [1.165, 1.54) is 0 Å². The second-order valence-electron chi connectivity index (χ2n) is 5.69. The van der Waals surface area contributed by atoms with Gasteiger partial charge in [-0.1, -0.05) is 18.2 Å². The number of methoxy groups -OCH3 is 1. The SMILES string of the molecule is CO[C@H]1CN(C(=O)c2csc3ccccc23)Cc2ccnn2C1. The van der Waals surface area contributed by atoms with E-state index in [0.29, 0.717) is 19.6 Å². The average Bonchev–Trinajstić information content (AvgIpc) is 3.16. The number of rotatable bonds is 2. The Morgan fingerprint density at radius 2 is 2.17 bits per heavy atom. The van der Waals surface area contributed by atoms with Gasteiger partial charge in [-0.3, -0.25) is 9.48 Å². The van der Waals surface area contributed by atoms with E-state index in [0.717, 1.165) is 21.3 Å². The van der Waals surface area contributed by atoms with Crippen molar-refractivity contribution in [2.45, 2.75) is 19.2 Å². The van der Waals surface area contributed by atoms with Gasteiger partial charge in [0.05, 0.1) is 30.5 Å². The normalized spacial score (nSPS) is 18.0. The lowest BCUT2D eigenvalue weighted by Crippen LogP contribution is -2.36. The van der Waals surface area contributed by atoms with Crippen LogP contribution in [0.3, 0.4) is 0 Å². The van der Waals surface area contributed by atoms with Crippen molar-refractivity contribution in [3.63, 3.8) is 0 Å². The van der Waals surface area contributed by atoms with Gasteiger partial charge in [-0.15, -0.1) is 11.3 Å². The number of ether oxygens (including phenoxy) is 1. The van der Waals surface area contributed by atoms with Gasteiger partial charge in [0.1, 0.15) is 0 Å². The first-order chi connectivity index (χ1) is 11.3. The molecule has 1 aliphatic rings. The Balaban J connectivity index is 1.70. The van der Waals surface area contributed by atoms with Gasteiger partial charge in [0.25, 0.3) is 5.91 Å². The van der Waals surface area contributed by atoms with Gasteiger partial charge in [0, 0.05) is 35.3 Å². The minimum absolute atomic E-state index is 0.0509. The summed E-state index contributed by atoms with van der Waals surface area (Å²) in [6.45, 7) is 1.80. The van der Waals surface area contributed by atoms with Gasteiger partial charge < -0.3 is 9.64 Å². The summed E-state index contributed by atoms with van der Waals surface area (Å²) in [6.07, 6.45) is 1.72. The van der Waals surface area contributed by atoms with Crippen molar-refractivity contribution in [3.8, 4) is 0 Å². The number of thiophene rings is 1. The maximum absolute atomic E-state index is 13.1.